The fourth-order valence-corrected chi connectivity index (χ4v) is 2.92. The van der Waals surface area contributed by atoms with Gasteiger partial charge in [0.2, 0.25) is 0 Å². The average molecular weight is 255 g/mol. The maximum atomic E-state index is 11.6. The van der Waals surface area contributed by atoms with Crippen LogP contribution in [0.5, 0.6) is 0 Å². The molecular weight excluding hydrogens is 238 g/mol. The summed E-state index contributed by atoms with van der Waals surface area (Å²) in [6.45, 7) is 0.739. The fourth-order valence-electron chi connectivity index (χ4n) is 2.08. The second-order valence-electron chi connectivity index (χ2n) is 4.42. The lowest BCUT2D eigenvalue weighted by Crippen LogP contribution is -2.12. The first kappa shape index (κ1) is 12.4. The number of rotatable bonds is 2. The molecule has 17 heavy (non-hydrogen) atoms. The molecule has 0 radical (unpaired) electrons. The van der Waals surface area contributed by atoms with Crippen LogP contribution in [0.1, 0.15) is 30.9 Å². The third kappa shape index (κ3) is 2.79. The Hall–Kier alpha value is -1.07. The molecule has 4 nitrogen and oxygen atoms in total. The van der Waals surface area contributed by atoms with Crippen molar-refractivity contribution < 1.29 is 13.2 Å². The average Bonchev–Trinajstić information content (AvgIpc) is 2.29. The van der Waals surface area contributed by atoms with Gasteiger partial charge in [-0.05, 0) is 37.0 Å². The maximum Gasteiger partial charge on any atom is 0.177 e. The molecule has 0 bridgehead atoms. The number of hydrogen-bond acceptors (Lipinski definition) is 4. The smallest absolute Gasteiger partial charge is 0.177 e. The molecule has 0 amide bonds. The summed E-state index contributed by atoms with van der Waals surface area (Å²) in [6.07, 6.45) is 4.30. The zero-order valence-corrected chi connectivity index (χ0v) is 10.7. The molecule has 5 heteroatoms. The van der Waals surface area contributed by atoms with E-state index >= 15 is 0 Å². The van der Waals surface area contributed by atoms with Crippen molar-refractivity contribution in [2.45, 2.75) is 30.3 Å². The standard InChI is InChI=1S/C12H17NO3S/c1-17(14,15)12-8-9(5-6-10(12)13)11-4-2-3-7-16-11/h5-6,8,11H,2-4,7,13H2,1H3/t11-/m1/s1. The van der Waals surface area contributed by atoms with E-state index in [0.29, 0.717) is 5.69 Å². The first-order valence-corrected chi connectivity index (χ1v) is 7.59. The lowest BCUT2D eigenvalue weighted by atomic mass is 10.0. The Morgan fingerprint density at radius 3 is 2.71 bits per heavy atom. The summed E-state index contributed by atoms with van der Waals surface area (Å²) in [5.41, 5.74) is 6.89. The lowest BCUT2D eigenvalue weighted by Gasteiger charge is -2.23. The topological polar surface area (TPSA) is 69.4 Å². The normalized spacial score (nSPS) is 21.4. The van der Waals surface area contributed by atoms with Gasteiger partial charge in [-0.3, -0.25) is 0 Å². The molecule has 1 aliphatic heterocycles. The third-order valence-electron chi connectivity index (χ3n) is 2.99. The van der Waals surface area contributed by atoms with E-state index in [1.165, 1.54) is 6.26 Å². The molecule has 2 rings (SSSR count). The van der Waals surface area contributed by atoms with Gasteiger partial charge in [-0.2, -0.15) is 0 Å². The van der Waals surface area contributed by atoms with Gasteiger partial charge in [0.1, 0.15) is 0 Å². The van der Waals surface area contributed by atoms with Gasteiger partial charge in [-0.1, -0.05) is 6.07 Å². The van der Waals surface area contributed by atoms with Crippen molar-refractivity contribution in [1.29, 1.82) is 0 Å². The van der Waals surface area contributed by atoms with E-state index in [0.717, 1.165) is 31.4 Å². The molecule has 0 aliphatic carbocycles. The zero-order valence-electron chi connectivity index (χ0n) is 9.85. The zero-order chi connectivity index (χ0) is 12.5. The highest BCUT2D eigenvalue weighted by atomic mass is 32.2. The molecule has 1 aliphatic rings. The van der Waals surface area contributed by atoms with Crippen LogP contribution in [0.15, 0.2) is 23.1 Å². The molecule has 0 spiro atoms. The van der Waals surface area contributed by atoms with E-state index in [1.807, 2.05) is 6.07 Å². The number of nitrogens with two attached hydrogens (primary N) is 1. The van der Waals surface area contributed by atoms with Crippen molar-refractivity contribution in [3.63, 3.8) is 0 Å². The number of nitrogen functional groups attached to an aromatic ring is 1. The highest BCUT2D eigenvalue weighted by molar-refractivity contribution is 7.90. The predicted molar refractivity (Wildman–Crippen MR) is 66.5 cm³/mol. The van der Waals surface area contributed by atoms with Crippen LogP contribution in [-0.4, -0.2) is 21.3 Å². The van der Waals surface area contributed by atoms with Gasteiger partial charge in [0.25, 0.3) is 0 Å². The van der Waals surface area contributed by atoms with Crippen LogP contribution < -0.4 is 5.73 Å². The Bertz CT molecular complexity index is 504. The van der Waals surface area contributed by atoms with E-state index in [4.69, 9.17) is 10.5 Å². The summed E-state index contributed by atoms with van der Waals surface area (Å²) in [5.74, 6) is 0. The molecule has 0 saturated carbocycles. The highest BCUT2D eigenvalue weighted by Gasteiger charge is 2.19. The SMILES string of the molecule is CS(=O)(=O)c1cc([C@H]2CCCCO2)ccc1N. The van der Waals surface area contributed by atoms with Gasteiger partial charge in [0.15, 0.2) is 9.84 Å². The number of ether oxygens (including phenoxy) is 1. The fraction of sp³-hybridized carbons (Fsp3) is 0.500. The van der Waals surface area contributed by atoms with Crippen molar-refractivity contribution in [2.24, 2.45) is 0 Å². The molecule has 1 heterocycles. The van der Waals surface area contributed by atoms with Crippen LogP contribution in [0.2, 0.25) is 0 Å². The highest BCUT2D eigenvalue weighted by Crippen LogP contribution is 2.30. The van der Waals surface area contributed by atoms with Crippen LogP contribution in [0.3, 0.4) is 0 Å². The molecule has 0 unspecified atom stereocenters. The Morgan fingerprint density at radius 1 is 1.35 bits per heavy atom. The largest absolute Gasteiger partial charge is 0.398 e. The van der Waals surface area contributed by atoms with E-state index in [2.05, 4.69) is 0 Å². The number of benzene rings is 1. The molecule has 1 aromatic carbocycles. The van der Waals surface area contributed by atoms with Crippen LogP contribution in [0.25, 0.3) is 0 Å². The van der Waals surface area contributed by atoms with Gasteiger partial charge in [0, 0.05) is 12.9 Å². The Kier molecular flexibility index (Phi) is 3.40. The summed E-state index contributed by atoms with van der Waals surface area (Å²) in [5, 5.41) is 0. The minimum atomic E-state index is -3.28. The molecule has 2 N–H and O–H groups in total. The second-order valence-corrected chi connectivity index (χ2v) is 6.41. The molecule has 1 aromatic rings. The van der Waals surface area contributed by atoms with E-state index in [-0.39, 0.29) is 11.0 Å². The molecular formula is C12H17NO3S. The van der Waals surface area contributed by atoms with Crippen molar-refractivity contribution in [1.82, 2.24) is 0 Å². The Labute approximate surface area is 102 Å². The van der Waals surface area contributed by atoms with Gasteiger partial charge in [-0.15, -0.1) is 0 Å². The summed E-state index contributed by atoms with van der Waals surface area (Å²) in [6, 6.07) is 5.13. The molecule has 1 fully saturated rings. The number of anilines is 1. The van der Waals surface area contributed by atoms with Crippen molar-refractivity contribution in [3.8, 4) is 0 Å². The van der Waals surface area contributed by atoms with Gasteiger partial charge in [-0.25, -0.2) is 8.42 Å². The first-order valence-electron chi connectivity index (χ1n) is 5.69. The summed E-state index contributed by atoms with van der Waals surface area (Å²) >= 11 is 0. The van der Waals surface area contributed by atoms with Gasteiger partial charge >= 0.3 is 0 Å². The van der Waals surface area contributed by atoms with Crippen molar-refractivity contribution in [3.05, 3.63) is 23.8 Å². The first-order chi connectivity index (χ1) is 7.98. The third-order valence-corrected chi connectivity index (χ3v) is 4.14. The second kappa shape index (κ2) is 4.66. The Morgan fingerprint density at radius 2 is 2.12 bits per heavy atom. The van der Waals surface area contributed by atoms with Crippen molar-refractivity contribution >= 4 is 15.5 Å². The monoisotopic (exact) mass is 255 g/mol. The van der Waals surface area contributed by atoms with E-state index < -0.39 is 9.84 Å². The van der Waals surface area contributed by atoms with E-state index in [9.17, 15) is 8.42 Å². The molecule has 94 valence electrons. The van der Waals surface area contributed by atoms with E-state index in [1.54, 1.807) is 12.1 Å². The molecule has 1 atom stereocenters. The van der Waals surface area contributed by atoms with Gasteiger partial charge in [0.05, 0.1) is 16.7 Å². The molecule has 1 saturated heterocycles. The number of sulfone groups is 1. The van der Waals surface area contributed by atoms with Crippen LogP contribution in [0, 0.1) is 0 Å². The predicted octanol–water partition coefficient (Wildman–Crippen LogP) is 1.91. The number of hydrogen-bond donors (Lipinski definition) is 1. The van der Waals surface area contributed by atoms with Crippen molar-refractivity contribution in [2.75, 3.05) is 18.6 Å². The van der Waals surface area contributed by atoms with Gasteiger partial charge < -0.3 is 10.5 Å². The van der Waals surface area contributed by atoms with Crippen LogP contribution in [-0.2, 0) is 14.6 Å². The van der Waals surface area contributed by atoms with Crippen LogP contribution in [0.4, 0.5) is 5.69 Å². The Balaban J connectivity index is 2.37. The summed E-state index contributed by atoms with van der Waals surface area (Å²) < 4.78 is 28.8. The summed E-state index contributed by atoms with van der Waals surface area (Å²) in [7, 11) is -3.28. The van der Waals surface area contributed by atoms with Crippen LogP contribution >= 0.6 is 0 Å². The minimum Gasteiger partial charge on any atom is -0.398 e. The molecule has 0 aromatic heterocycles. The maximum absolute atomic E-state index is 11.6. The lowest BCUT2D eigenvalue weighted by molar-refractivity contribution is 0.0148. The summed E-state index contributed by atoms with van der Waals surface area (Å²) in [4.78, 5) is 0.198. The minimum absolute atomic E-state index is 0.00449. The quantitative estimate of drug-likeness (QED) is 0.820.